The number of alkyl halides is 6. The predicted molar refractivity (Wildman–Crippen MR) is 125 cm³/mol. The van der Waals surface area contributed by atoms with Crippen molar-refractivity contribution >= 4 is 5.69 Å². The lowest BCUT2D eigenvalue weighted by Gasteiger charge is -2.37. The molecule has 0 radical (unpaired) electrons. The molecule has 202 valence electrons. The standard InChI is InChI=1S/C26H27F6NO4/c1-24(12-6-11-21(14-24)36-16-23(35)26(30,31)32)17-33(15-22(34)25(27,28)29)18-7-5-10-20(13-18)37-19-8-3-2-4-9-19/h2-11,13-14,22-23,34-35H,12,15-17H2,1H3. The molecule has 1 aliphatic rings. The van der Waals surface area contributed by atoms with Crippen LogP contribution < -0.4 is 9.64 Å². The van der Waals surface area contributed by atoms with E-state index in [0.29, 0.717) is 23.6 Å². The van der Waals surface area contributed by atoms with Crippen LogP contribution in [0.1, 0.15) is 13.3 Å². The van der Waals surface area contributed by atoms with Gasteiger partial charge in [-0.15, -0.1) is 0 Å². The van der Waals surface area contributed by atoms with E-state index in [-0.39, 0.29) is 12.3 Å². The summed E-state index contributed by atoms with van der Waals surface area (Å²) in [7, 11) is 0. The van der Waals surface area contributed by atoms with E-state index in [4.69, 9.17) is 9.47 Å². The van der Waals surface area contributed by atoms with Crippen molar-refractivity contribution in [3.05, 3.63) is 78.6 Å². The summed E-state index contributed by atoms with van der Waals surface area (Å²) in [6.07, 6.45) is -10.1. The van der Waals surface area contributed by atoms with E-state index in [2.05, 4.69) is 0 Å². The van der Waals surface area contributed by atoms with E-state index in [1.54, 1.807) is 67.6 Å². The number of halogens is 6. The zero-order chi connectivity index (χ0) is 27.3. The Bertz CT molecular complexity index is 1090. The smallest absolute Gasteiger partial charge is 0.417 e. The maximum absolute atomic E-state index is 13.2. The molecule has 1 aliphatic carbocycles. The molecule has 5 nitrogen and oxygen atoms in total. The molecule has 3 rings (SSSR count). The Labute approximate surface area is 210 Å². The first-order valence-electron chi connectivity index (χ1n) is 11.3. The molecule has 2 N–H and O–H groups in total. The molecule has 37 heavy (non-hydrogen) atoms. The second kappa shape index (κ2) is 11.5. The third-order valence-electron chi connectivity index (χ3n) is 5.63. The number of rotatable bonds is 10. The molecule has 0 saturated heterocycles. The largest absolute Gasteiger partial charge is 0.491 e. The molecule has 0 spiro atoms. The van der Waals surface area contributed by atoms with Gasteiger partial charge >= 0.3 is 12.4 Å². The summed E-state index contributed by atoms with van der Waals surface area (Å²) in [6.45, 7) is -0.134. The van der Waals surface area contributed by atoms with Gasteiger partial charge in [-0.2, -0.15) is 26.3 Å². The predicted octanol–water partition coefficient (Wildman–Crippen LogP) is 6.00. The van der Waals surface area contributed by atoms with Gasteiger partial charge in [0.1, 0.15) is 23.9 Å². The number of aliphatic hydroxyl groups is 2. The molecule has 3 unspecified atom stereocenters. The van der Waals surface area contributed by atoms with Crippen molar-refractivity contribution in [2.45, 2.75) is 37.9 Å². The molecule has 3 atom stereocenters. The fourth-order valence-electron chi connectivity index (χ4n) is 3.74. The second-order valence-corrected chi connectivity index (χ2v) is 9.03. The molecule has 2 aromatic rings. The fourth-order valence-corrected chi connectivity index (χ4v) is 3.74. The molecule has 2 aromatic carbocycles. The van der Waals surface area contributed by atoms with Crippen molar-refractivity contribution in [2.75, 3.05) is 24.6 Å². The van der Waals surface area contributed by atoms with Crippen LogP contribution in [0.25, 0.3) is 0 Å². The number of para-hydroxylation sites is 1. The number of hydrogen-bond donors (Lipinski definition) is 2. The summed E-state index contributed by atoms with van der Waals surface area (Å²) in [6, 6.07) is 15.1. The van der Waals surface area contributed by atoms with Crippen LogP contribution in [-0.2, 0) is 4.74 Å². The molecule has 0 heterocycles. The van der Waals surface area contributed by atoms with E-state index in [0.717, 1.165) is 0 Å². The van der Waals surface area contributed by atoms with Gasteiger partial charge in [0.05, 0.1) is 6.54 Å². The average molecular weight is 531 g/mol. The van der Waals surface area contributed by atoms with Crippen LogP contribution in [0.4, 0.5) is 32.0 Å². The van der Waals surface area contributed by atoms with Crippen LogP contribution in [0.15, 0.2) is 78.6 Å². The second-order valence-electron chi connectivity index (χ2n) is 9.03. The lowest BCUT2D eigenvalue weighted by Crippen LogP contribution is -2.45. The quantitative estimate of drug-likeness (QED) is 0.369. The first-order valence-corrected chi connectivity index (χ1v) is 11.3. The zero-order valence-corrected chi connectivity index (χ0v) is 19.8. The molecule has 0 bridgehead atoms. The lowest BCUT2D eigenvalue weighted by atomic mass is 9.82. The Balaban J connectivity index is 1.83. The lowest BCUT2D eigenvalue weighted by molar-refractivity contribution is -0.214. The third kappa shape index (κ3) is 8.43. The Kier molecular flexibility index (Phi) is 8.80. The van der Waals surface area contributed by atoms with Gasteiger partial charge in [-0.05, 0) is 42.8 Å². The summed E-state index contributed by atoms with van der Waals surface area (Å²) >= 11 is 0. The first kappa shape index (κ1) is 28.4. The average Bonchev–Trinajstić information content (AvgIpc) is 2.81. The number of allylic oxidation sites excluding steroid dienone is 2. The van der Waals surface area contributed by atoms with E-state index in [9.17, 15) is 36.6 Å². The highest BCUT2D eigenvalue weighted by atomic mass is 19.4. The van der Waals surface area contributed by atoms with Gasteiger partial charge < -0.3 is 24.6 Å². The van der Waals surface area contributed by atoms with E-state index in [1.807, 2.05) is 0 Å². The van der Waals surface area contributed by atoms with Gasteiger partial charge in [-0.1, -0.05) is 37.3 Å². The number of nitrogens with zero attached hydrogens (tertiary/aromatic N) is 1. The van der Waals surface area contributed by atoms with Gasteiger partial charge in [0.15, 0.2) is 12.2 Å². The van der Waals surface area contributed by atoms with Gasteiger partial charge in [-0.3, -0.25) is 0 Å². The van der Waals surface area contributed by atoms with Crippen LogP contribution in [-0.4, -0.2) is 54.5 Å². The molecule has 0 saturated carbocycles. The molecular weight excluding hydrogens is 504 g/mol. The minimum absolute atomic E-state index is 0.0338. The van der Waals surface area contributed by atoms with Crippen LogP contribution in [0.2, 0.25) is 0 Å². The normalized spacial score (nSPS) is 19.6. The molecule has 0 aromatic heterocycles. The maximum Gasteiger partial charge on any atom is 0.417 e. The third-order valence-corrected chi connectivity index (χ3v) is 5.63. The summed E-state index contributed by atoms with van der Waals surface area (Å²) in [4.78, 5) is 1.34. The van der Waals surface area contributed by atoms with E-state index in [1.165, 1.54) is 17.1 Å². The SMILES string of the molecule is CC1(CN(CC(O)C(F)(F)F)c2cccc(Oc3ccccc3)c2)C=C(OCC(O)C(F)(F)F)C=CC1. The van der Waals surface area contributed by atoms with Gasteiger partial charge in [-0.25, -0.2) is 0 Å². The van der Waals surface area contributed by atoms with Gasteiger partial charge in [0.2, 0.25) is 0 Å². The monoisotopic (exact) mass is 531 g/mol. The number of hydrogen-bond acceptors (Lipinski definition) is 5. The van der Waals surface area contributed by atoms with Crippen LogP contribution >= 0.6 is 0 Å². The highest BCUT2D eigenvalue weighted by Crippen LogP contribution is 2.35. The summed E-state index contributed by atoms with van der Waals surface area (Å²) in [5, 5.41) is 19.0. The Morgan fingerprint density at radius 2 is 1.57 bits per heavy atom. The van der Waals surface area contributed by atoms with Gasteiger partial charge in [0, 0.05) is 23.7 Å². The van der Waals surface area contributed by atoms with Crippen molar-refractivity contribution in [3.63, 3.8) is 0 Å². The topological polar surface area (TPSA) is 62.2 Å². The van der Waals surface area contributed by atoms with Crippen LogP contribution in [0, 0.1) is 5.41 Å². The van der Waals surface area contributed by atoms with Crippen molar-refractivity contribution < 1.29 is 46.0 Å². The maximum atomic E-state index is 13.2. The molecule has 0 fully saturated rings. The highest BCUT2D eigenvalue weighted by Gasteiger charge is 2.41. The summed E-state index contributed by atoms with van der Waals surface area (Å²) in [5.41, 5.74) is -0.523. The summed E-state index contributed by atoms with van der Waals surface area (Å²) < 4.78 is 88.4. The Morgan fingerprint density at radius 3 is 2.22 bits per heavy atom. The summed E-state index contributed by atoms with van der Waals surface area (Å²) in [5.74, 6) is 0.941. The fraction of sp³-hybridized carbons (Fsp3) is 0.385. The Morgan fingerprint density at radius 1 is 0.919 bits per heavy atom. The minimum Gasteiger partial charge on any atom is -0.491 e. The number of benzene rings is 2. The van der Waals surface area contributed by atoms with Crippen LogP contribution in [0.3, 0.4) is 0 Å². The number of aliphatic hydroxyl groups excluding tert-OH is 2. The number of anilines is 1. The van der Waals surface area contributed by atoms with Crippen molar-refractivity contribution in [1.82, 2.24) is 0 Å². The van der Waals surface area contributed by atoms with Gasteiger partial charge in [0.25, 0.3) is 0 Å². The van der Waals surface area contributed by atoms with Crippen molar-refractivity contribution in [3.8, 4) is 11.5 Å². The van der Waals surface area contributed by atoms with E-state index < -0.39 is 43.1 Å². The minimum atomic E-state index is -4.86. The first-order chi connectivity index (χ1) is 17.2. The molecule has 0 aliphatic heterocycles. The molecule has 11 heteroatoms. The molecular formula is C26H27F6NO4. The van der Waals surface area contributed by atoms with Crippen LogP contribution in [0.5, 0.6) is 11.5 Å². The Hall–Kier alpha value is -3.18. The van der Waals surface area contributed by atoms with Crippen molar-refractivity contribution in [1.29, 1.82) is 0 Å². The molecule has 0 amide bonds. The zero-order valence-electron chi connectivity index (χ0n) is 19.8. The number of ether oxygens (including phenoxy) is 2. The van der Waals surface area contributed by atoms with Crippen molar-refractivity contribution in [2.24, 2.45) is 5.41 Å². The van der Waals surface area contributed by atoms with E-state index >= 15 is 0 Å². The highest BCUT2D eigenvalue weighted by molar-refractivity contribution is 5.52.